The number of benzene rings is 1. The minimum absolute atomic E-state index is 0.00706. The number of fused-ring (bicyclic) bond motifs is 1. The van der Waals surface area contributed by atoms with Crippen LogP contribution in [0.2, 0.25) is 0 Å². The average molecular weight is 341 g/mol. The molecule has 0 aliphatic carbocycles. The zero-order valence-corrected chi connectivity index (χ0v) is 12.8. The molecule has 2 N–H and O–H groups in total. The molecule has 1 aromatic rings. The average Bonchev–Trinajstić information content (AvgIpc) is 2.86. The molecular weight excluding hydrogens is 324 g/mol. The number of nitrogens with one attached hydrogen (secondary N) is 2. The second-order valence-corrected chi connectivity index (χ2v) is 6.02. The monoisotopic (exact) mass is 340 g/mol. The van der Waals surface area contributed by atoms with Gasteiger partial charge in [-0.05, 0) is 34.8 Å². The normalized spacial score (nSPS) is 24.5. The second kappa shape index (κ2) is 5.61. The van der Waals surface area contributed by atoms with Crippen LogP contribution in [0.25, 0.3) is 0 Å². The van der Waals surface area contributed by atoms with Crippen LogP contribution in [0, 0.1) is 5.92 Å². The van der Waals surface area contributed by atoms with Crippen LogP contribution in [0.4, 0.5) is 5.69 Å². The van der Waals surface area contributed by atoms with Gasteiger partial charge in [0.2, 0.25) is 5.91 Å². The first-order valence-electron chi connectivity index (χ1n) is 6.78. The molecule has 2 aliphatic rings. The molecule has 20 heavy (non-hydrogen) atoms. The zero-order valence-electron chi connectivity index (χ0n) is 11.2. The van der Waals surface area contributed by atoms with Crippen molar-refractivity contribution in [2.75, 3.05) is 25.1 Å². The lowest BCUT2D eigenvalue weighted by molar-refractivity contribution is -0.118. The minimum atomic E-state index is -0.130. The van der Waals surface area contributed by atoms with E-state index >= 15 is 0 Å². The maximum absolute atomic E-state index is 12.3. The highest BCUT2D eigenvalue weighted by Crippen LogP contribution is 2.38. The Kier molecular flexibility index (Phi) is 3.85. The Labute approximate surface area is 126 Å². The molecule has 108 valence electrons. The van der Waals surface area contributed by atoms with Gasteiger partial charge in [-0.15, -0.1) is 0 Å². The van der Waals surface area contributed by atoms with Crippen molar-refractivity contribution in [2.45, 2.75) is 19.4 Å². The van der Waals surface area contributed by atoms with Crippen molar-refractivity contribution in [3.05, 3.63) is 16.6 Å². The summed E-state index contributed by atoms with van der Waals surface area (Å²) in [6.07, 6.45) is 1.03. The first-order valence-corrected chi connectivity index (χ1v) is 7.58. The van der Waals surface area contributed by atoms with Gasteiger partial charge in [0, 0.05) is 16.6 Å². The summed E-state index contributed by atoms with van der Waals surface area (Å²) in [6.45, 7) is 4.06. The van der Waals surface area contributed by atoms with Gasteiger partial charge in [0.15, 0.2) is 11.5 Å². The lowest BCUT2D eigenvalue weighted by Gasteiger charge is -2.21. The molecule has 2 unspecified atom stereocenters. The summed E-state index contributed by atoms with van der Waals surface area (Å²) in [4.78, 5) is 12.3. The summed E-state index contributed by atoms with van der Waals surface area (Å²) in [5, 5.41) is 6.17. The topological polar surface area (TPSA) is 59.6 Å². The molecule has 0 radical (unpaired) electrons. The third-order valence-corrected chi connectivity index (χ3v) is 4.36. The van der Waals surface area contributed by atoms with E-state index in [2.05, 4.69) is 33.5 Å². The predicted octanol–water partition coefficient (Wildman–Crippen LogP) is 2.16. The zero-order chi connectivity index (χ0) is 14.1. The van der Waals surface area contributed by atoms with Gasteiger partial charge in [-0.25, -0.2) is 0 Å². The maximum atomic E-state index is 12.3. The molecule has 1 saturated heterocycles. The van der Waals surface area contributed by atoms with Crippen LogP contribution in [-0.4, -0.2) is 31.7 Å². The van der Waals surface area contributed by atoms with Crippen molar-refractivity contribution in [1.82, 2.24) is 5.32 Å². The predicted molar refractivity (Wildman–Crippen MR) is 79.3 cm³/mol. The summed E-state index contributed by atoms with van der Waals surface area (Å²) in [7, 11) is 0. The maximum Gasteiger partial charge on any atom is 0.241 e. The Bertz CT molecular complexity index is 535. The molecule has 2 aliphatic heterocycles. The van der Waals surface area contributed by atoms with E-state index in [4.69, 9.17) is 9.47 Å². The highest BCUT2D eigenvalue weighted by atomic mass is 79.9. The molecule has 0 bridgehead atoms. The van der Waals surface area contributed by atoms with Gasteiger partial charge in [-0.1, -0.05) is 6.92 Å². The Hall–Kier alpha value is -1.27. The van der Waals surface area contributed by atoms with E-state index in [9.17, 15) is 4.79 Å². The molecule has 2 atom stereocenters. The van der Waals surface area contributed by atoms with E-state index in [1.54, 1.807) is 6.07 Å². The Morgan fingerprint density at radius 1 is 1.35 bits per heavy atom. The number of ether oxygens (including phenoxy) is 2. The van der Waals surface area contributed by atoms with Gasteiger partial charge in [0.05, 0.1) is 11.7 Å². The lowest BCUT2D eigenvalue weighted by Crippen LogP contribution is -2.39. The Morgan fingerprint density at radius 2 is 2.05 bits per heavy atom. The number of anilines is 1. The molecule has 0 spiro atoms. The summed E-state index contributed by atoms with van der Waals surface area (Å²) in [5.74, 6) is 1.72. The fourth-order valence-corrected chi connectivity index (χ4v) is 2.98. The van der Waals surface area contributed by atoms with Gasteiger partial charge in [0.1, 0.15) is 13.2 Å². The smallest absolute Gasteiger partial charge is 0.241 e. The second-order valence-electron chi connectivity index (χ2n) is 5.16. The van der Waals surface area contributed by atoms with Crippen LogP contribution in [0.1, 0.15) is 13.3 Å². The van der Waals surface area contributed by atoms with Crippen molar-refractivity contribution in [1.29, 1.82) is 0 Å². The Morgan fingerprint density at radius 3 is 2.70 bits per heavy atom. The van der Waals surface area contributed by atoms with Crippen molar-refractivity contribution in [3.8, 4) is 11.5 Å². The van der Waals surface area contributed by atoms with Crippen molar-refractivity contribution in [3.63, 3.8) is 0 Å². The Balaban J connectivity index is 1.78. The molecule has 0 saturated carbocycles. The molecule has 2 heterocycles. The number of hydrogen-bond acceptors (Lipinski definition) is 4. The van der Waals surface area contributed by atoms with E-state index in [1.807, 2.05) is 6.07 Å². The molecule has 3 rings (SSSR count). The number of amides is 1. The third-order valence-electron chi connectivity index (χ3n) is 3.71. The molecule has 1 aromatic carbocycles. The van der Waals surface area contributed by atoms with E-state index in [0.29, 0.717) is 36.3 Å². The van der Waals surface area contributed by atoms with Crippen LogP contribution >= 0.6 is 15.9 Å². The van der Waals surface area contributed by atoms with Crippen LogP contribution in [0.15, 0.2) is 16.6 Å². The van der Waals surface area contributed by atoms with Crippen LogP contribution in [-0.2, 0) is 4.79 Å². The van der Waals surface area contributed by atoms with E-state index in [0.717, 1.165) is 17.4 Å². The van der Waals surface area contributed by atoms with Gasteiger partial charge < -0.3 is 20.1 Å². The van der Waals surface area contributed by atoms with E-state index in [-0.39, 0.29) is 11.9 Å². The van der Waals surface area contributed by atoms with Crippen molar-refractivity contribution >= 4 is 27.5 Å². The highest BCUT2D eigenvalue weighted by Gasteiger charge is 2.29. The minimum Gasteiger partial charge on any atom is -0.486 e. The fourth-order valence-electron chi connectivity index (χ4n) is 2.56. The van der Waals surface area contributed by atoms with Crippen LogP contribution in [0.3, 0.4) is 0 Å². The number of rotatable bonds is 2. The summed E-state index contributed by atoms with van der Waals surface area (Å²) >= 11 is 3.46. The summed E-state index contributed by atoms with van der Waals surface area (Å²) in [5.41, 5.74) is 0.708. The van der Waals surface area contributed by atoms with E-state index in [1.165, 1.54) is 0 Å². The quantitative estimate of drug-likeness (QED) is 0.866. The van der Waals surface area contributed by atoms with Crippen LogP contribution in [0.5, 0.6) is 11.5 Å². The fraction of sp³-hybridized carbons (Fsp3) is 0.500. The van der Waals surface area contributed by atoms with Gasteiger partial charge in [-0.3, -0.25) is 4.79 Å². The summed E-state index contributed by atoms with van der Waals surface area (Å²) < 4.78 is 11.8. The number of carbonyl (C=O) groups excluding carboxylic acids is 1. The number of hydrogen-bond donors (Lipinski definition) is 2. The molecule has 0 aromatic heterocycles. The molecule has 1 fully saturated rings. The standard InChI is InChI=1S/C14H17BrN2O3/c1-8-2-3-16-13(8)14(18)17-10-7-12-11(6-9(10)15)19-4-5-20-12/h6-8,13,16H,2-5H2,1H3,(H,17,18). The summed E-state index contributed by atoms with van der Waals surface area (Å²) in [6, 6.07) is 3.50. The van der Waals surface area contributed by atoms with Crippen molar-refractivity contribution < 1.29 is 14.3 Å². The van der Waals surface area contributed by atoms with Gasteiger partial charge in [-0.2, -0.15) is 0 Å². The lowest BCUT2D eigenvalue weighted by atomic mass is 10.0. The molecule has 5 nitrogen and oxygen atoms in total. The molecule has 6 heteroatoms. The number of carbonyl (C=O) groups is 1. The SMILES string of the molecule is CC1CCNC1C(=O)Nc1cc2c(cc1Br)OCCO2. The largest absolute Gasteiger partial charge is 0.486 e. The van der Waals surface area contributed by atoms with Gasteiger partial charge >= 0.3 is 0 Å². The first-order chi connectivity index (χ1) is 9.65. The van der Waals surface area contributed by atoms with Crippen molar-refractivity contribution in [2.24, 2.45) is 5.92 Å². The van der Waals surface area contributed by atoms with E-state index < -0.39 is 0 Å². The van der Waals surface area contributed by atoms with Gasteiger partial charge in [0.25, 0.3) is 0 Å². The van der Waals surface area contributed by atoms with Crippen LogP contribution < -0.4 is 20.1 Å². The number of halogens is 1. The third kappa shape index (κ3) is 2.62. The first kappa shape index (κ1) is 13.7. The molecule has 1 amide bonds. The molecular formula is C14H17BrN2O3. The highest BCUT2D eigenvalue weighted by molar-refractivity contribution is 9.10.